The summed E-state index contributed by atoms with van der Waals surface area (Å²) < 4.78 is 15.6. The average Bonchev–Trinajstić information content (AvgIpc) is 3.06. The van der Waals surface area contributed by atoms with Gasteiger partial charge in [0, 0.05) is 55.7 Å². The summed E-state index contributed by atoms with van der Waals surface area (Å²) in [5.74, 6) is 1.37. The number of rotatable bonds is 3. The van der Waals surface area contributed by atoms with Crippen LogP contribution in [-0.2, 0) is 6.54 Å². The van der Waals surface area contributed by atoms with Crippen LogP contribution in [0.2, 0.25) is 0 Å². The molecule has 0 amide bonds. The van der Waals surface area contributed by atoms with Crippen molar-refractivity contribution in [2.45, 2.75) is 26.4 Å². The first kappa shape index (κ1) is 15.9. The third-order valence-electron chi connectivity index (χ3n) is 4.68. The highest BCUT2D eigenvalue weighted by atomic mass is 19.1. The molecule has 0 aliphatic carbocycles. The van der Waals surface area contributed by atoms with E-state index in [1.54, 1.807) is 16.8 Å². The molecule has 0 bridgehead atoms. The fourth-order valence-corrected chi connectivity index (χ4v) is 3.33. The van der Waals surface area contributed by atoms with E-state index in [4.69, 9.17) is 0 Å². The van der Waals surface area contributed by atoms with Gasteiger partial charge in [-0.25, -0.2) is 9.37 Å². The maximum atomic E-state index is 13.9. The van der Waals surface area contributed by atoms with E-state index in [2.05, 4.69) is 36.8 Å². The molecule has 0 N–H and O–H groups in total. The molecule has 0 spiro atoms. The van der Waals surface area contributed by atoms with E-state index < -0.39 is 0 Å². The smallest absolute Gasteiger partial charge is 0.254 e. The van der Waals surface area contributed by atoms with Crippen molar-refractivity contribution in [3.8, 4) is 0 Å². The standard InChI is InChI=1S/C17H20FN7/c1-12-7-16(25-17(22-12)20-11-21-25)24-6-5-23(13(2)9-24)10-14-3-4-19-8-15(14)18/h3-4,7-8,11,13H,5-6,9-10H2,1-2H3. The zero-order chi connectivity index (χ0) is 17.4. The summed E-state index contributed by atoms with van der Waals surface area (Å²) in [7, 11) is 0. The molecule has 0 saturated carbocycles. The van der Waals surface area contributed by atoms with Crippen molar-refractivity contribution in [3.63, 3.8) is 0 Å². The first-order valence-corrected chi connectivity index (χ1v) is 8.36. The molecule has 130 valence electrons. The van der Waals surface area contributed by atoms with E-state index in [0.717, 1.165) is 31.1 Å². The van der Waals surface area contributed by atoms with Crippen molar-refractivity contribution in [1.82, 2.24) is 29.5 Å². The Balaban J connectivity index is 1.53. The Labute approximate surface area is 145 Å². The number of fused-ring (bicyclic) bond motifs is 1. The molecule has 4 heterocycles. The fraction of sp³-hybridized carbons (Fsp3) is 0.412. The van der Waals surface area contributed by atoms with Crippen molar-refractivity contribution in [2.75, 3.05) is 24.5 Å². The van der Waals surface area contributed by atoms with Crippen molar-refractivity contribution < 1.29 is 4.39 Å². The Morgan fingerprint density at radius 2 is 2.20 bits per heavy atom. The molecule has 1 aliphatic heterocycles. The van der Waals surface area contributed by atoms with E-state index in [1.807, 2.05) is 13.0 Å². The molecule has 0 aromatic carbocycles. The van der Waals surface area contributed by atoms with Crippen molar-refractivity contribution in [3.05, 3.63) is 47.9 Å². The molecule has 0 radical (unpaired) electrons. The second-order valence-electron chi connectivity index (χ2n) is 6.46. The minimum Gasteiger partial charge on any atom is -0.354 e. The summed E-state index contributed by atoms with van der Waals surface area (Å²) in [6, 6.07) is 4.07. The van der Waals surface area contributed by atoms with Gasteiger partial charge < -0.3 is 4.90 Å². The lowest BCUT2D eigenvalue weighted by Crippen LogP contribution is -2.52. The van der Waals surface area contributed by atoms with E-state index in [0.29, 0.717) is 17.9 Å². The number of aromatic nitrogens is 5. The average molecular weight is 341 g/mol. The van der Waals surface area contributed by atoms with Gasteiger partial charge in [0.2, 0.25) is 0 Å². The van der Waals surface area contributed by atoms with Gasteiger partial charge in [-0.05, 0) is 19.9 Å². The Hall–Kier alpha value is -2.61. The Morgan fingerprint density at radius 1 is 1.32 bits per heavy atom. The van der Waals surface area contributed by atoms with Crippen LogP contribution in [0.3, 0.4) is 0 Å². The first-order valence-electron chi connectivity index (χ1n) is 8.36. The molecule has 25 heavy (non-hydrogen) atoms. The van der Waals surface area contributed by atoms with Crippen LogP contribution in [0.1, 0.15) is 18.2 Å². The van der Waals surface area contributed by atoms with Crippen LogP contribution in [-0.4, -0.2) is 55.1 Å². The number of anilines is 1. The predicted octanol–water partition coefficient (Wildman–Crippen LogP) is 1.68. The molecule has 7 nitrogen and oxygen atoms in total. The van der Waals surface area contributed by atoms with Crippen LogP contribution >= 0.6 is 0 Å². The summed E-state index contributed by atoms with van der Waals surface area (Å²) >= 11 is 0. The Bertz CT molecular complexity index is 894. The number of aryl methyl sites for hydroxylation is 1. The summed E-state index contributed by atoms with van der Waals surface area (Å²) in [4.78, 5) is 17.0. The molecule has 1 atom stereocenters. The van der Waals surface area contributed by atoms with Crippen LogP contribution in [0.15, 0.2) is 30.9 Å². The van der Waals surface area contributed by atoms with Crippen molar-refractivity contribution in [2.24, 2.45) is 0 Å². The van der Waals surface area contributed by atoms with Crippen LogP contribution in [0.4, 0.5) is 10.2 Å². The summed E-state index contributed by atoms with van der Waals surface area (Å²) in [6.45, 7) is 7.25. The molecular weight excluding hydrogens is 321 g/mol. The van der Waals surface area contributed by atoms with Crippen LogP contribution in [0, 0.1) is 12.7 Å². The lowest BCUT2D eigenvalue weighted by Gasteiger charge is -2.40. The van der Waals surface area contributed by atoms with Gasteiger partial charge >= 0.3 is 0 Å². The zero-order valence-electron chi connectivity index (χ0n) is 14.3. The van der Waals surface area contributed by atoms with Crippen LogP contribution in [0.5, 0.6) is 0 Å². The molecule has 8 heteroatoms. The Morgan fingerprint density at radius 3 is 3.00 bits per heavy atom. The quantitative estimate of drug-likeness (QED) is 0.722. The van der Waals surface area contributed by atoms with E-state index in [9.17, 15) is 4.39 Å². The largest absolute Gasteiger partial charge is 0.354 e. The zero-order valence-corrected chi connectivity index (χ0v) is 14.3. The highest BCUT2D eigenvalue weighted by molar-refractivity contribution is 5.47. The van der Waals surface area contributed by atoms with Crippen LogP contribution < -0.4 is 4.90 Å². The topological polar surface area (TPSA) is 62.5 Å². The fourth-order valence-electron chi connectivity index (χ4n) is 3.33. The third kappa shape index (κ3) is 3.05. The van der Waals surface area contributed by atoms with Gasteiger partial charge in [-0.2, -0.15) is 14.6 Å². The van der Waals surface area contributed by atoms with Gasteiger partial charge in [0.15, 0.2) is 0 Å². The molecule has 1 fully saturated rings. The van der Waals surface area contributed by atoms with Crippen molar-refractivity contribution in [1.29, 1.82) is 0 Å². The Kier molecular flexibility index (Phi) is 4.04. The minimum atomic E-state index is -0.244. The van der Waals surface area contributed by atoms with Gasteiger partial charge in [0.1, 0.15) is 18.0 Å². The number of hydrogen-bond donors (Lipinski definition) is 0. The second-order valence-corrected chi connectivity index (χ2v) is 6.46. The van der Waals surface area contributed by atoms with Gasteiger partial charge in [0.25, 0.3) is 5.78 Å². The maximum Gasteiger partial charge on any atom is 0.254 e. The minimum absolute atomic E-state index is 0.244. The number of hydrogen-bond acceptors (Lipinski definition) is 6. The number of piperazine rings is 1. The second kappa shape index (κ2) is 6.36. The summed E-state index contributed by atoms with van der Waals surface area (Å²) in [5.41, 5.74) is 1.61. The van der Waals surface area contributed by atoms with E-state index >= 15 is 0 Å². The number of nitrogens with zero attached hydrogens (tertiary/aromatic N) is 7. The predicted molar refractivity (Wildman–Crippen MR) is 91.8 cm³/mol. The highest BCUT2D eigenvalue weighted by Crippen LogP contribution is 2.21. The first-order chi connectivity index (χ1) is 12.1. The van der Waals surface area contributed by atoms with Crippen LogP contribution in [0.25, 0.3) is 5.78 Å². The molecule has 1 aliphatic rings. The van der Waals surface area contributed by atoms with Gasteiger partial charge in [0.05, 0.1) is 6.20 Å². The van der Waals surface area contributed by atoms with Gasteiger partial charge in [-0.1, -0.05) is 0 Å². The maximum absolute atomic E-state index is 13.9. The lowest BCUT2D eigenvalue weighted by atomic mass is 10.1. The van der Waals surface area contributed by atoms with E-state index in [-0.39, 0.29) is 11.9 Å². The molecule has 1 unspecified atom stereocenters. The van der Waals surface area contributed by atoms with E-state index in [1.165, 1.54) is 12.5 Å². The van der Waals surface area contributed by atoms with Crippen molar-refractivity contribution >= 4 is 11.6 Å². The molecule has 1 saturated heterocycles. The molecular formula is C17H20FN7. The number of halogens is 1. The summed E-state index contributed by atoms with van der Waals surface area (Å²) in [5, 5.41) is 4.29. The highest BCUT2D eigenvalue weighted by Gasteiger charge is 2.26. The van der Waals surface area contributed by atoms with Gasteiger partial charge in [-0.15, -0.1) is 0 Å². The molecule has 3 aromatic heterocycles. The molecule has 4 rings (SSSR count). The monoisotopic (exact) mass is 341 g/mol. The third-order valence-corrected chi connectivity index (χ3v) is 4.68. The normalized spacial score (nSPS) is 18.8. The SMILES string of the molecule is Cc1cc(N2CCN(Cc3ccncc3F)C(C)C2)n2ncnc2n1. The number of pyridine rings is 1. The summed E-state index contributed by atoms with van der Waals surface area (Å²) in [6.07, 6.45) is 4.44. The van der Waals surface area contributed by atoms with Gasteiger partial charge in [-0.3, -0.25) is 9.88 Å². The lowest BCUT2D eigenvalue weighted by molar-refractivity contribution is 0.178. The molecule has 3 aromatic rings.